The van der Waals surface area contributed by atoms with Gasteiger partial charge in [0.05, 0.1) is 11.5 Å². The maximum absolute atomic E-state index is 12.8. The Morgan fingerprint density at radius 2 is 1.57 bits per heavy atom. The summed E-state index contributed by atoms with van der Waals surface area (Å²) in [5.74, 6) is -1.73. The Bertz CT molecular complexity index is 562. The molecule has 0 spiro atoms. The molecule has 0 aliphatic heterocycles. The molecule has 28 heavy (non-hydrogen) atoms. The number of carboxylic acids is 1. The van der Waals surface area contributed by atoms with Crippen LogP contribution in [0, 0.1) is 5.92 Å². The third-order valence-corrected chi connectivity index (χ3v) is 4.78. The molecule has 0 saturated carbocycles. The summed E-state index contributed by atoms with van der Waals surface area (Å²) in [6, 6.07) is 4.25. The van der Waals surface area contributed by atoms with E-state index in [1.54, 1.807) is 0 Å². The molecule has 0 aliphatic carbocycles. The summed E-state index contributed by atoms with van der Waals surface area (Å²) in [4.78, 5) is 11.9. The first-order chi connectivity index (χ1) is 13.3. The number of benzene rings is 1. The Labute approximate surface area is 165 Å². The zero-order chi connectivity index (χ0) is 21.0. The van der Waals surface area contributed by atoms with Gasteiger partial charge in [-0.2, -0.15) is 13.2 Å². The third-order valence-electron chi connectivity index (χ3n) is 4.78. The molecule has 0 amide bonds. The van der Waals surface area contributed by atoms with Gasteiger partial charge in [0.25, 0.3) is 0 Å². The number of unbranched alkanes of at least 4 members (excludes halogenated alkanes) is 4. The summed E-state index contributed by atoms with van der Waals surface area (Å²) in [6.45, 7) is 5.80. The highest BCUT2D eigenvalue weighted by Gasteiger charge is 2.32. The van der Waals surface area contributed by atoms with Gasteiger partial charge in [0.15, 0.2) is 0 Å². The highest BCUT2D eigenvalue weighted by Crippen LogP contribution is 2.31. The number of alkyl halides is 3. The standard InChI is InChI=1S/C21H33F3N2O2/c1-3-5-7-13-25-15-18(20(27)28)19(26-14-8-6-4-2)16-9-11-17(12-10-16)21(22,23)24/h9-12,18-19,25-26H,3-8,13-15H2,1-2H3,(H,27,28). The largest absolute Gasteiger partial charge is 0.481 e. The van der Waals surface area contributed by atoms with Gasteiger partial charge in [0.2, 0.25) is 0 Å². The molecule has 0 heterocycles. The molecule has 0 fully saturated rings. The van der Waals surface area contributed by atoms with E-state index in [2.05, 4.69) is 24.5 Å². The van der Waals surface area contributed by atoms with Crippen molar-refractivity contribution >= 4 is 5.97 Å². The maximum atomic E-state index is 12.8. The molecule has 1 rings (SSSR count). The van der Waals surface area contributed by atoms with Gasteiger partial charge >= 0.3 is 12.1 Å². The SMILES string of the molecule is CCCCCNCC(C(=O)O)C(NCCCCC)c1ccc(C(F)(F)F)cc1. The first kappa shape index (κ1) is 24.4. The van der Waals surface area contributed by atoms with E-state index in [4.69, 9.17) is 0 Å². The second-order valence-electron chi connectivity index (χ2n) is 7.11. The van der Waals surface area contributed by atoms with Crippen LogP contribution in [-0.4, -0.2) is 30.7 Å². The van der Waals surface area contributed by atoms with E-state index in [0.29, 0.717) is 12.1 Å². The Morgan fingerprint density at radius 3 is 2.07 bits per heavy atom. The molecule has 0 saturated heterocycles. The molecule has 4 nitrogen and oxygen atoms in total. The monoisotopic (exact) mass is 402 g/mol. The number of nitrogens with one attached hydrogen (secondary N) is 2. The Balaban J connectivity index is 2.92. The zero-order valence-corrected chi connectivity index (χ0v) is 16.8. The minimum atomic E-state index is -4.41. The van der Waals surface area contributed by atoms with Crippen LogP contribution in [0.4, 0.5) is 13.2 Å². The summed E-state index contributed by atoms with van der Waals surface area (Å²) < 4.78 is 38.5. The maximum Gasteiger partial charge on any atom is 0.416 e. The van der Waals surface area contributed by atoms with E-state index in [1.165, 1.54) is 12.1 Å². The topological polar surface area (TPSA) is 61.4 Å². The second kappa shape index (κ2) is 12.8. The van der Waals surface area contributed by atoms with Crippen molar-refractivity contribution in [1.29, 1.82) is 0 Å². The van der Waals surface area contributed by atoms with Gasteiger partial charge in [-0.05, 0) is 43.6 Å². The molecule has 160 valence electrons. The van der Waals surface area contributed by atoms with E-state index in [9.17, 15) is 23.1 Å². The Kier molecular flexibility index (Phi) is 11.2. The molecule has 0 aliphatic rings. The van der Waals surface area contributed by atoms with E-state index in [1.807, 2.05) is 0 Å². The lowest BCUT2D eigenvalue weighted by atomic mass is 9.91. The van der Waals surface area contributed by atoms with Gasteiger partial charge in [-0.1, -0.05) is 51.7 Å². The van der Waals surface area contributed by atoms with Gasteiger partial charge in [0, 0.05) is 12.6 Å². The fraction of sp³-hybridized carbons (Fsp3) is 0.667. The average molecular weight is 403 g/mol. The lowest BCUT2D eigenvalue weighted by molar-refractivity contribution is -0.143. The van der Waals surface area contributed by atoms with E-state index >= 15 is 0 Å². The van der Waals surface area contributed by atoms with Crippen LogP contribution >= 0.6 is 0 Å². The first-order valence-electron chi connectivity index (χ1n) is 10.1. The molecule has 2 unspecified atom stereocenters. The molecule has 3 N–H and O–H groups in total. The lowest BCUT2D eigenvalue weighted by Crippen LogP contribution is -2.40. The van der Waals surface area contributed by atoms with Crippen LogP contribution in [-0.2, 0) is 11.0 Å². The quantitative estimate of drug-likeness (QED) is 0.383. The fourth-order valence-corrected chi connectivity index (χ4v) is 3.11. The number of carboxylic acid groups (broad SMARTS) is 1. The second-order valence-corrected chi connectivity index (χ2v) is 7.11. The van der Waals surface area contributed by atoms with Crippen LogP contribution in [0.15, 0.2) is 24.3 Å². The first-order valence-corrected chi connectivity index (χ1v) is 10.1. The fourth-order valence-electron chi connectivity index (χ4n) is 3.11. The van der Waals surface area contributed by atoms with Crippen molar-refractivity contribution in [1.82, 2.24) is 10.6 Å². The van der Waals surface area contributed by atoms with Crippen molar-refractivity contribution in [3.63, 3.8) is 0 Å². The Hall–Kier alpha value is -1.60. The molecule has 1 aromatic carbocycles. The molecule has 0 bridgehead atoms. The zero-order valence-electron chi connectivity index (χ0n) is 16.8. The lowest BCUT2D eigenvalue weighted by Gasteiger charge is -2.26. The van der Waals surface area contributed by atoms with Crippen molar-refractivity contribution in [2.75, 3.05) is 19.6 Å². The van der Waals surface area contributed by atoms with E-state index in [0.717, 1.165) is 57.2 Å². The summed E-state index contributed by atoms with van der Waals surface area (Å²) in [7, 11) is 0. The molecule has 0 radical (unpaired) electrons. The van der Waals surface area contributed by atoms with Crippen LogP contribution in [0.1, 0.15) is 69.5 Å². The van der Waals surface area contributed by atoms with E-state index < -0.39 is 29.7 Å². The highest BCUT2D eigenvalue weighted by molar-refractivity contribution is 5.71. The molecule has 0 aromatic heterocycles. The van der Waals surface area contributed by atoms with Crippen LogP contribution in [0.2, 0.25) is 0 Å². The van der Waals surface area contributed by atoms with E-state index in [-0.39, 0.29) is 6.54 Å². The number of rotatable bonds is 14. The molecular weight excluding hydrogens is 369 g/mol. The van der Waals surface area contributed by atoms with Crippen LogP contribution in [0.3, 0.4) is 0 Å². The molecule has 1 aromatic rings. The third kappa shape index (κ3) is 8.61. The number of hydrogen-bond donors (Lipinski definition) is 3. The van der Waals surface area contributed by atoms with Crippen molar-refractivity contribution in [3.8, 4) is 0 Å². The molecule has 7 heteroatoms. The predicted molar refractivity (Wildman–Crippen MR) is 105 cm³/mol. The number of aliphatic carboxylic acids is 1. The highest BCUT2D eigenvalue weighted by atomic mass is 19.4. The van der Waals surface area contributed by atoms with Crippen molar-refractivity contribution < 1.29 is 23.1 Å². The predicted octanol–water partition coefficient (Wildman–Crippen LogP) is 5.01. The number of halogens is 3. The van der Waals surface area contributed by atoms with Gasteiger partial charge < -0.3 is 15.7 Å². The number of carbonyl (C=O) groups is 1. The smallest absolute Gasteiger partial charge is 0.416 e. The summed E-state index contributed by atoms with van der Waals surface area (Å²) in [5.41, 5.74) is -0.169. The molecule has 2 atom stereocenters. The van der Waals surface area contributed by atoms with Crippen LogP contribution < -0.4 is 10.6 Å². The Morgan fingerprint density at radius 1 is 1.00 bits per heavy atom. The number of hydrogen-bond acceptors (Lipinski definition) is 3. The minimum absolute atomic E-state index is 0.269. The van der Waals surface area contributed by atoms with Crippen molar-refractivity contribution in [2.24, 2.45) is 5.92 Å². The van der Waals surface area contributed by atoms with Gasteiger partial charge in [-0.3, -0.25) is 4.79 Å². The van der Waals surface area contributed by atoms with Crippen molar-refractivity contribution in [2.45, 2.75) is 64.6 Å². The average Bonchev–Trinajstić information content (AvgIpc) is 2.65. The van der Waals surface area contributed by atoms with Gasteiger partial charge in [0.1, 0.15) is 0 Å². The van der Waals surface area contributed by atoms with Crippen molar-refractivity contribution in [3.05, 3.63) is 35.4 Å². The normalized spacial score (nSPS) is 14.0. The van der Waals surface area contributed by atoms with Crippen LogP contribution in [0.25, 0.3) is 0 Å². The van der Waals surface area contributed by atoms with Gasteiger partial charge in [-0.25, -0.2) is 0 Å². The summed E-state index contributed by atoms with van der Waals surface area (Å²) in [6.07, 6.45) is 1.66. The van der Waals surface area contributed by atoms with Crippen LogP contribution in [0.5, 0.6) is 0 Å². The summed E-state index contributed by atoms with van der Waals surface area (Å²) in [5, 5.41) is 16.2. The molecular formula is C21H33F3N2O2. The van der Waals surface area contributed by atoms with Gasteiger partial charge in [-0.15, -0.1) is 0 Å². The minimum Gasteiger partial charge on any atom is -0.481 e. The summed E-state index contributed by atoms with van der Waals surface area (Å²) >= 11 is 0.